The minimum atomic E-state index is -3.36. The Morgan fingerprint density at radius 1 is 0.920 bits per heavy atom. The summed E-state index contributed by atoms with van der Waals surface area (Å²) in [5, 5.41) is 1.32. The molecule has 25 heavy (non-hydrogen) atoms. The molecule has 4 nitrogen and oxygen atoms in total. The van der Waals surface area contributed by atoms with E-state index < -0.39 is 10.0 Å². The maximum Gasteiger partial charge on any atom is 0.236 e. The molecule has 0 N–H and O–H groups in total. The van der Waals surface area contributed by atoms with Gasteiger partial charge in [-0.3, -0.25) is 4.90 Å². The zero-order chi connectivity index (χ0) is 17.7. The van der Waals surface area contributed by atoms with Crippen molar-refractivity contribution < 1.29 is 8.42 Å². The summed E-state index contributed by atoms with van der Waals surface area (Å²) in [6.07, 6.45) is 1.66. The van der Waals surface area contributed by atoms with Crippen LogP contribution in [0.2, 0.25) is 0 Å². The highest BCUT2D eigenvalue weighted by molar-refractivity contribution is 7.92. The normalized spacial score (nSPS) is 17.2. The van der Waals surface area contributed by atoms with Crippen LogP contribution in [0.25, 0.3) is 6.08 Å². The summed E-state index contributed by atoms with van der Waals surface area (Å²) in [5.41, 5.74) is 3.42. The first-order chi connectivity index (χ1) is 12.0. The topological polar surface area (TPSA) is 40.6 Å². The summed E-state index contributed by atoms with van der Waals surface area (Å²) in [6, 6.07) is 18.0. The van der Waals surface area contributed by atoms with Crippen molar-refractivity contribution in [2.24, 2.45) is 0 Å². The van der Waals surface area contributed by atoms with Crippen molar-refractivity contribution in [2.45, 2.75) is 13.5 Å². The molecule has 1 aliphatic rings. The van der Waals surface area contributed by atoms with Crippen LogP contribution in [0, 0.1) is 6.92 Å². The van der Waals surface area contributed by atoms with Gasteiger partial charge in [-0.1, -0.05) is 60.2 Å². The van der Waals surface area contributed by atoms with E-state index in [1.54, 1.807) is 10.4 Å². The Balaban J connectivity index is 1.56. The molecule has 1 aliphatic heterocycles. The maximum absolute atomic E-state index is 12.5. The second kappa shape index (κ2) is 7.95. The lowest BCUT2D eigenvalue weighted by Gasteiger charge is -2.33. The second-order valence-corrected chi connectivity index (χ2v) is 8.24. The highest BCUT2D eigenvalue weighted by atomic mass is 32.2. The van der Waals surface area contributed by atoms with E-state index in [2.05, 4.69) is 36.1 Å². The van der Waals surface area contributed by atoms with Crippen LogP contribution >= 0.6 is 0 Å². The molecular weight excluding hydrogens is 332 g/mol. The van der Waals surface area contributed by atoms with Crippen molar-refractivity contribution in [1.82, 2.24) is 9.21 Å². The number of sulfonamides is 1. The van der Waals surface area contributed by atoms with Crippen LogP contribution in [0.3, 0.4) is 0 Å². The standard InChI is InChI=1S/C20H24N2O2S/c1-18-7-9-20(10-8-18)17-21-12-14-22(15-13-21)25(23,24)16-11-19-5-3-2-4-6-19/h2-11,16H,12-15,17H2,1H3/b16-11+. The predicted octanol–water partition coefficient (Wildman–Crippen LogP) is 3.11. The Labute approximate surface area is 150 Å². The lowest BCUT2D eigenvalue weighted by Crippen LogP contribution is -2.47. The molecule has 1 saturated heterocycles. The molecule has 3 rings (SSSR count). The molecule has 132 valence electrons. The lowest BCUT2D eigenvalue weighted by atomic mass is 10.1. The van der Waals surface area contributed by atoms with E-state index in [0.717, 1.165) is 25.2 Å². The van der Waals surface area contributed by atoms with E-state index in [4.69, 9.17) is 0 Å². The smallest absolute Gasteiger partial charge is 0.236 e. The molecule has 1 heterocycles. The highest BCUT2D eigenvalue weighted by Gasteiger charge is 2.24. The van der Waals surface area contributed by atoms with Crippen LogP contribution in [0.15, 0.2) is 60.0 Å². The first kappa shape index (κ1) is 17.9. The number of benzene rings is 2. The Bertz CT molecular complexity index is 807. The van der Waals surface area contributed by atoms with Gasteiger partial charge in [0.1, 0.15) is 0 Å². The number of rotatable bonds is 5. The first-order valence-corrected chi connectivity index (χ1v) is 10.0. The van der Waals surface area contributed by atoms with Crippen molar-refractivity contribution in [1.29, 1.82) is 0 Å². The molecule has 0 radical (unpaired) electrons. The summed E-state index contributed by atoms with van der Waals surface area (Å²) in [7, 11) is -3.36. The van der Waals surface area contributed by atoms with Crippen molar-refractivity contribution >= 4 is 16.1 Å². The Hall–Kier alpha value is -1.95. The molecule has 5 heteroatoms. The first-order valence-electron chi connectivity index (χ1n) is 8.54. The minimum absolute atomic E-state index is 0.535. The molecule has 0 saturated carbocycles. The van der Waals surface area contributed by atoms with E-state index in [1.165, 1.54) is 16.5 Å². The fourth-order valence-corrected chi connectivity index (χ4v) is 4.08. The average molecular weight is 356 g/mol. The Morgan fingerprint density at radius 3 is 2.20 bits per heavy atom. The summed E-state index contributed by atoms with van der Waals surface area (Å²) < 4.78 is 26.5. The predicted molar refractivity (Wildman–Crippen MR) is 102 cm³/mol. The van der Waals surface area contributed by atoms with Crippen LogP contribution < -0.4 is 0 Å². The van der Waals surface area contributed by atoms with Gasteiger partial charge in [0.25, 0.3) is 0 Å². The Morgan fingerprint density at radius 2 is 1.56 bits per heavy atom. The van der Waals surface area contributed by atoms with Crippen LogP contribution in [0.1, 0.15) is 16.7 Å². The van der Waals surface area contributed by atoms with Gasteiger partial charge in [-0.05, 0) is 24.1 Å². The number of piperazine rings is 1. The molecule has 0 amide bonds. The molecular formula is C20H24N2O2S. The van der Waals surface area contributed by atoms with Crippen LogP contribution in [0.4, 0.5) is 0 Å². The number of hydrogen-bond donors (Lipinski definition) is 0. The van der Waals surface area contributed by atoms with Crippen molar-refractivity contribution in [3.05, 3.63) is 76.7 Å². The van der Waals surface area contributed by atoms with Crippen LogP contribution in [0.5, 0.6) is 0 Å². The minimum Gasteiger partial charge on any atom is -0.296 e. The molecule has 0 unspecified atom stereocenters. The summed E-state index contributed by atoms with van der Waals surface area (Å²) in [6.45, 7) is 5.53. The third-order valence-corrected chi connectivity index (χ3v) is 6.01. The van der Waals surface area contributed by atoms with Crippen molar-refractivity contribution in [3.8, 4) is 0 Å². The quantitative estimate of drug-likeness (QED) is 0.826. The molecule has 0 aliphatic carbocycles. The van der Waals surface area contributed by atoms with Gasteiger partial charge in [-0.2, -0.15) is 4.31 Å². The third kappa shape index (κ3) is 5.01. The number of hydrogen-bond acceptors (Lipinski definition) is 3. The van der Waals surface area contributed by atoms with E-state index in [9.17, 15) is 8.42 Å². The van der Waals surface area contributed by atoms with Gasteiger partial charge in [0.15, 0.2) is 0 Å². The van der Waals surface area contributed by atoms with Gasteiger partial charge < -0.3 is 0 Å². The average Bonchev–Trinajstić information content (AvgIpc) is 2.63. The van der Waals surface area contributed by atoms with E-state index in [-0.39, 0.29) is 0 Å². The van der Waals surface area contributed by atoms with E-state index >= 15 is 0 Å². The van der Waals surface area contributed by atoms with E-state index in [0.29, 0.717) is 13.1 Å². The molecule has 2 aromatic rings. The SMILES string of the molecule is Cc1ccc(CN2CCN(S(=O)(=O)/C=C/c3ccccc3)CC2)cc1. The maximum atomic E-state index is 12.5. The van der Waals surface area contributed by atoms with Crippen molar-refractivity contribution in [3.63, 3.8) is 0 Å². The van der Waals surface area contributed by atoms with Gasteiger partial charge in [-0.25, -0.2) is 8.42 Å². The molecule has 0 aromatic heterocycles. The monoisotopic (exact) mass is 356 g/mol. The van der Waals surface area contributed by atoms with Gasteiger partial charge >= 0.3 is 0 Å². The largest absolute Gasteiger partial charge is 0.296 e. The molecule has 0 bridgehead atoms. The fraction of sp³-hybridized carbons (Fsp3) is 0.300. The van der Waals surface area contributed by atoms with Gasteiger partial charge in [0.2, 0.25) is 10.0 Å². The highest BCUT2D eigenvalue weighted by Crippen LogP contribution is 2.14. The third-order valence-electron chi connectivity index (χ3n) is 4.45. The molecule has 2 aromatic carbocycles. The zero-order valence-corrected chi connectivity index (χ0v) is 15.3. The van der Waals surface area contributed by atoms with Crippen LogP contribution in [-0.2, 0) is 16.6 Å². The second-order valence-electron chi connectivity index (χ2n) is 6.42. The molecule has 0 spiro atoms. The zero-order valence-electron chi connectivity index (χ0n) is 14.5. The summed E-state index contributed by atoms with van der Waals surface area (Å²) >= 11 is 0. The summed E-state index contributed by atoms with van der Waals surface area (Å²) in [4.78, 5) is 2.30. The van der Waals surface area contributed by atoms with Gasteiger partial charge in [-0.15, -0.1) is 0 Å². The number of aryl methyl sites for hydroxylation is 1. The van der Waals surface area contributed by atoms with Gasteiger partial charge in [0.05, 0.1) is 0 Å². The van der Waals surface area contributed by atoms with E-state index in [1.807, 2.05) is 30.3 Å². The van der Waals surface area contributed by atoms with Crippen molar-refractivity contribution in [2.75, 3.05) is 26.2 Å². The number of nitrogens with zero attached hydrogens (tertiary/aromatic N) is 2. The Kier molecular flexibility index (Phi) is 5.68. The van der Waals surface area contributed by atoms with Gasteiger partial charge in [0, 0.05) is 38.1 Å². The molecule has 0 atom stereocenters. The van der Waals surface area contributed by atoms with Crippen LogP contribution in [-0.4, -0.2) is 43.8 Å². The molecule has 1 fully saturated rings. The fourth-order valence-electron chi connectivity index (χ4n) is 2.91. The lowest BCUT2D eigenvalue weighted by molar-refractivity contribution is 0.182. The summed E-state index contributed by atoms with van der Waals surface area (Å²) in [5.74, 6) is 0.